The first-order chi connectivity index (χ1) is 6.37. The van der Waals surface area contributed by atoms with Crippen LogP contribution in [0.25, 0.3) is 0 Å². The molecule has 0 bridgehead atoms. The number of hydrogen-bond donors (Lipinski definition) is 1. The summed E-state index contributed by atoms with van der Waals surface area (Å²) < 4.78 is 22.5. The Balaban J connectivity index is 2.58. The third kappa shape index (κ3) is 2.82. The maximum atomic E-state index is 11.3. The monoisotopic (exact) mass is 218 g/mol. The molecule has 0 saturated heterocycles. The Kier molecular flexibility index (Phi) is 3.37. The van der Waals surface area contributed by atoms with Crippen LogP contribution in [0.2, 0.25) is 0 Å². The Bertz CT molecular complexity index is 297. The lowest BCUT2D eigenvalue weighted by Crippen LogP contribution is -2.37. The Morgan fingerprint density at radius 3 is 2.36 bits per heavy atom. The molecule has 1 fully saturated rings. The zero-order valence-corrected chi connectivity index (χ0v) is 9.39. The molecule has 82 valence electrons. The summed E-state index contributed by atoms with van der Waals surface area (Å²) in [5.41, 5.74) is -0.705. The van der Waals surface area contributed by atoms with Crippen molar-refractivity contribution in [3.05, 3.63) is 12.7 Å². The summed E-state index contributed by atoms with van der Waals surface area (Å²) >= 11 is 0. The second-order valence-corrected chi connectivity index (χ2v) is 6.57. The van der Waals surface area contributed by atoms with Crippen LogP contribution in [-0.2, 0) is 9.84 Å². The van der Waals surface area contributed by atoms with E-state index in [1.807, 2.05) is 0 Å². The summed E-state index contributed by atoms with van der Waals surface area (Å²) in [6.45, 7) is 3.59. The van der Waals surface area contributed by atoms with Crippen LogP contribution < -0.4 is 0 Å². The van der Waals surface area contributed by atoms with Gasteiger partial charge in [-0.3, -0.25) is 0 Å². The minimum absolute atomic E-state index is 0.257. The van der Waals surface area contributed by atoms with Crippen LogP contribution in [-0.4, -0.2) is 30.6 Å². The van der Waals surface area contributed by atoms with Crippen LogP contribution in [0.3, 0.4) is 0 Å². The third-order valence-electron chi connectivity index (χ3n) is 2.99. The largest absolute Gasteiger partial charge is 0.390 e. The molecular formula is C10H18O3S. The van der Waals surface area contributed by atoms with Gasteiger partial charge in [-0.25, -0.2) is 8.42 Å². The van der Waals surface area contributed by atoms with Gasteiger partial charge >= 0.3 is 0 Å². The Hall–Kier alpha value is -0.350. The molecule has 0 spiro atoms. The van der Waals surface area contributed by atoms with Crippen molar-refractivity contribution < 1.29 is 13.5 Å². The molecule has 0 amide bonds. The van der Waals surface area contributed by atoms with E-state index in [4.69, 9.17) is 0 Å². The zero-order valence-electron chi connectivity index (χ0n) is 8.57. The quantitative estimate of drug-likeness (QED) is 0.726. The fourth-order valence-corrected chi connectivity index (χ4v) is 3.12. The number of aliphatic hydroxyl groups is 1. The summed E-state index contributed by atoms with van der Waals surface area (Å²) in [6.07, 6.45) is 5.81. The lowest BCUT2D eigenvalue weighted by Gasteiger charge is -2.34. The summed E-state index contributed by atoms with van der Waals surface area (Å²) in [6, 6.07) is 0. The second-order valence-electron chi connectivity index (χ2n) is 4.25. The molecule has 0 aromatic rings. The average Bonchev–Trinajstić information content (AvgIpc) is 2.03. The van der Waals surface area contributed by atoms with Crippen molar-refractivity contribution in [2.75, 3.05) is 6.26 Å². The molecule has 3 nitrogen and oxygen atoms in total. The van der Waals surface area contributed by atoms with E-state index < -0.39 is 15.4 Å². The highest BCUT2D eigenvalue weighted by molar-refractivity contribution is 7.91. The van der Waals surface area contributed by atoms with Crippen molar-refractivity contribution in [3.63, 3.8) is 0 Å². The molecule has 0 aromatic carbocycles. The van der Waals surface area contributed by atoms with Gasteiger partial charge in [0, 0.05) is 6.26 Å². The molecule has 1 aliphatic carbocycles. The van der Waals surface area contributed by atoms with Crippen LogP contribution in [0.15, 0.2) is 12.7 Å². The van der Waals surface area contributed by atoms with Gasteiger partial charge in [0.15, 0.2) is 0 Å². The lowest BCUT2D eigenvalue weighted by atomic mass is 9.82. The van der Waals surface area contributed by atoms with Gasteiger partial charge in [-0.15, -0.1) is 6.58 Å². The van der Waals surface area contributed by atoms with Crippen LogP contribution in [0.4, 0.5) is 0 Å². The van der Waals surface area contributed by atoms with E-state index >= 15 is 0 Å². The molecule has 0 atom stereocenters. The Morgan fingerprint density at radius 1 is 1.50 bits per heavy atom. The van der Waals surface area contributed by atoms with Crippen molar-refractivity contribution in [1.29, 1.82) is 0 Å². The predicted octanol–water partition coefficient (Wildman–Crippen LogP) is 1.28. The molecule has 14 heavy (non-hydrogen) atoms. The maximum Gasteiger partial charge on any atom is 0.150 e. The normalized spacial score (nSPS) is 34.0. The Labute approximate surface area is 85.7 Å². The molecule has 0 aromatic heterocycles. The fraction of sp³-hybridized carbons (Fsp3) is 0.800. The van der Waals surface area contributed by atoms with E-state index in [1.54, 1.807) is 6.08 Å². The minimum Gasteiger partial charge on any atom is -0.390 e. The topological polar surface area (TPSA) is 54.4 Å². The van der Waals surface area contributed by atoms with E-state index in [0.717, 1.165) is 0 Å². The third-order valence-corrected chi connectivity index (χ3v) is 4.68. The second kappa shape index (κ2) is 4.03. The summed E-state index contributed by atoms with van der Waals surface area (Å²) in [5, 5.41) is 9.73. The van der Waals surface area contributed by atoms with Crippen molar-refractivity contribution in [3.8, 4) is 0 Å². The minimum atomic E-state index is -2.93. The zero-order chi connectivity index (χ0) is 10.8. The maximum absolute atomic E-state index is 11.3. The van der Waals surface area contributed by atoms with Crippen molar-refractivity contribution in [1.82, 2.24) is 0 Å². The number of sulfone groups is 1. The first-order valence-corrected chi connectivity index (χ1v) is 6.85. The molecular weight excluding hydrogens is 200 g/mol. The highest BCUT2D eigenvalue weighted by Crippen LogP contribution is 2.33. The standard InChI is InChI=1S/C10H18O3S/c1-3-6-10(11)7-4-9(5-8-10)14(2,12)13/h3,9,11H,1,4-8H2,2H3/t9-,10-. The molecule has 1 saturated carbocycles. The molecule has 1 N–H and O–H groups in total. The fourth-order valence-electron chi connectivity index (χ4n) is 2.03. The van der Waals surface area contributed by atoms with Crippen LogP contribution in [0.5, 0.6) is 0 Å². The summed E-state index contributed by atoms with van der Waals surface area (Å²) in [5.74, 6) is 0. The van der Waals surface area contributed by atoms with Gasteiger partial charge in [0.2, 0.25) is 0 Å². The highest BCUT2D eigenvalue weighted by Gasteiger charge is 2.35. The lowest BCUT2D eigenvalue weighted by molar-refractivity contribution is 0.00795. The molecule has 4 heteroatoms. The first-order valence-electron chi connectivity index (χ1n) is 4.89. The van der Waals surface area contributed by atoms with Crippen molar-refractivity contribution >= 4 is 9.84 Å². The molecule has 0 heterocycles. The van der Waals surface area contributed by atoms with Gasteiger partial charge < -0.3 is 5.11 Å². The van der Waals surface area contributed by atoms with E-state index in [0.29, 0.717) is 32.1 Å². The number of hydrogen-bond acceptors (Lipinski definition) is 3. The number of rotatable bonds is 3. The average molecular weight is 218 g/mol. The van der Waals surface area contributed by atoms with Crippen LogP contribution in [0, 0.1) is 0 Å². The smallest absolute Gasteiger partial charge is 0.150 e. The van der Waals surface area contributed by atoms with Crippen molar-refractivity contribution in [2.45, 2.75) is 43.0 Å². The summed E-state index contributed by atoms with van der Waals surface area (Å²) in [7, 11) is -2.93. The van der Waals surface area contributed by atoms with E-state index in [2.05, 4.69) is 6.58 Å². The van der Waals surface area contributed by atoms with Gasteiger partial charge in [0.1, 0.15) is 9.84 Å². The van der Waals surface area contributed by atoms with E-state index in [1.165, 1.54) is 6.26 Å². The predicted molar refractivity (Wildman–Crippen MR) is 56.9 cm³/mol. The molecule has 0 aliphatic heterocycles. The van der Waals surface area contributed by atoms with Gasteiger partial charge in [0.05, 0.1) is 10.9 Å². The SMILES string of the molecule is C=CC[C@]1(O)CC[C@H](S(C)(=O)=O)CC1. The molecule has 1 aliphatic rings. The van der Waals surface area contributed by atoms with Crippen LogP contribution >= 0.6 is 0 Å². The molecule has 0 unspecified atom stereocenters. The first kappa shape index (κ1) is 11.7. The summed E-state index contributed by atoms with van der Waals surface area (Å²) in [4.78, 5) is 0. The van der Waals surface area contributed by atoms with Crippen LogP contribution in [0.1, 0.15) is 32.1 Å². The van der Waals surface area contributed by atoms with Gasteiger partial charge in [-0.1, -0.05) is 6.08 Å². The van der Waals surface area contributed by atoms with Gasteiger partial charge in [-0.2, -0.15) is 0 Å². The van der Waals surface area contributed by atoms with Gasteiger partial charge in [-0.05, 0) is 32.1 Å². The highest BCUT2D eigenvalue weighted by atomic mass is 32.2. The van der Waals surface area contributed by atoms with Crippen molar-refractivity contribution in [2.24, 2.45) is 0 Å². The van der Waals surface area contributed by atoms with E-state index in [-0.39, 0.29) is 5.25 Å². The molecule has 0 radical (unpaired) electrons. The van der Waals surface area contributed by atoms with E-state index in [9.17, 15) is 13.5 Å². The Morgan fingerprint density at radius 2 is 2.00 bits per heavy atom. The van der Waals surface area contributed by atoms with Gasteiger partial charge in [0.25, 0.3) is 0 Å². The molecule has 1 rings (SSSR count).